The van der Waals surface area contributed by atoms with E-state index in [4.69, 9.17) is 0 Å². The maximum absolute atomic E-state index is 13.0. The summed E-state index contributed by atoms with van der Waals surface area (Å²) in [7, 11) is 0. The molecule has 0 N–H and O–H groups in total. The van der Waals surface area contributed by atoms with Gasteiger partial charge >= 0.3 is 0 Å². The maximum atomic E-state index is 13.0. The van der Waals surface area contributed by atoms with Gasteiger partial charge in [-0.3, -0.25) is 9.69 Å². The van der Waals surface area contributed by atoms with Gasteiger partial charge in [-0.2, -0.15) is 0 Å². The highest BCUT2D eigenvalue weighted by atomic mass is 16.2. The van der Waals surface area contributed by atoms with Crippen molar-refractivity contribution in [2.24, 2.45) is 0 Å². The molecule has 28 heavy (non-hydrogen) atoms. The first-order valence-electron chi connectivity index (χ1n) is 10.4. The molecule has 0 unspecified atom stereocenters. The number of carbonyl (C=O) groups excluding carboxylic acids is 1. The minimum atomic E-state index is 0.0258. The number of carbonyl (C=O) groups is 1. The van der Waals surface area contributed by atoms with E-state index in [1.807, 2.05) is 11.0 Å². The van der Waals surface area contributed by atoms with E-state index >= 15 is 0 Å². The van der Waals surface area contributed by atoms with E-state index in [1.54, 1.807) is 12.3 Å². The molecule has 0 atom stereocenters. The van der Waals surface area contributed by atoms with Gasteiger partial charge < -0.3 is 9.80 Å². The molecule has 0 aliphatic carbocycles. The zero-order chi connectivity index (χ0) is 19.2. The summed E-state index contributed by atoms with van der Waals surface area (Å²) in [6.07, 6.45) is 6.60. The normalized spacial score (nSPS) is 18.7. The summed E-state index contributed by atoms with van der Waals surface area (Å²) in [5, 5.41) is 0. The van der Waals surface area contributed by atoms with Crippen molar-refractivity contribution in [3.63, 3.8) is 0 Å². The molecule has 1 aromatic carbocycles. The van der Waals surface area contributed by atoms with Gasteiger partial charge in [0.15, 0.2) is 0 Å². The van der Waals surface area contributed by atoms with Gasteiger partial charge in [-0.25, -0.2) is 9.97 Å². The minimum absolute atomic E-state index is 0.0258. The molecule has 148 valence electrons. The zero-order valence-corrected chi connectivity index (χ0v) is 16.5. The standard InChI is InChI=1S/C22H29N5O/c28-21(20-10-11-23-22(24-20)27-12-6-1-2-7-13-27)26-16-14-25(15-17-26)18-19-8-4-3-5-9-19/h3-5,8-11H,1-2,6-7,12-18H2. The van der Waals surface area contributed by atoms with Crippen molar-refractivity contribution in [2.45, 2.75) is 32.2 Å². The summed E-state index contributed by atoms with van der Waals surface area (Å²) in [6, 6.07) is 12.3. The molecular formula is C22H29N5O. The fourth-order valence-corrected chi connectivity index (χ4v) is 4.00. The molecule has 0 spiro atoms. The van der Waals surface area contributed by atoms with Crippen LogP contribution in [0.5, 0.6) is 0 Å². The van der Waals surface area contributed by atoms with Gasteiger partial charge in [-0.1, -0.05) is 43.2 Å². The van der Waals surface area contributed by atoms with Gasteiger partial charge in [-0.15, -0.1) is 0 Å². The predicted molar refractivity (Wildman–Crippen MR) is 110 cm³/mol. The number of nitrogens with zero attached hydrogens (tertiary/aromatic N) is 5. The van der Waals surface area contributed by atoms with Crippen LogP contribution in [0.3, 0.4) is 0 Å². The maximum Gasteiger partial charge on any atom is 0.272 e. The largest absolute Gasteiger partial charge is 0.341 e. The average molecular weight is 380 g/mol. The molecule has 0 radical (unpaired) electrons. The van der Waals surface area contributed by atoms with Crippen molar-refractivity contribution in [3.05, 3.63) is 53.9 Å². The van der Waals surface area contributed by atoms with Crippen molar-refractivity contribution in [2.75, 3.05) is 44.2 Å². The van der Waals surface area contributed by atoms with Gasteiger partial charge in [-0.05, 0) is 24.5 Å². The van der Waals surface area contributed by atoms with Crippen molar-refractivity contribution in [1.82, 2.24) is 19.8 Å². The lowest BCUT2D eigenvalue weighted by Crippen LogP contribution is -2.48. The van der Waals surface area contributed by atoms with Crippen LogP contribution in [-0.2, 0) is 6.54 Å². The lowest BCUT2D eigenvalue weighted by molar-refractivity contribution is 0.0622. The number of piperazine rings is 1. The molecule has 2 aliphatic heterocycles. The zero-order valence-electron chi connectivity index (χ0n) is 16.5. The third-order valence-electron chi connectivity index (χ3n) is 5.66. The second kappa shape index (κ2) is 9.15. The molecule has 1 amide bonds. The van der Waals surface area contributed by atoms with Crippen LogP contribution in [0.2, 0.25) is 0 Å². The third-order valence-corrected chi connectivity index (χ3v) is 5.66. The fourth-order valence-electron chi connectivity index (χ4n) is 4.00. The Hall–Kier alpha value is -2.47. The number of hydrogen-bond donors (Lipinski definition) is 0. The van der Waals surface area contributed by atoms with Gasteiger partial charge in [0.1, 0.15) is 5.69 Å². The van der Waals surface area contributed by atoms with Gasteiger partial charge in [0, 0.05) is 52.0 Å². The molecular weight excluding hydrogens is 350 g/mol. The Morgan fingerprint density at radius 2 is 1.57 bits per heavy atom. The van der Waals surface area contributed by atoms with Gasteiger partial charge in [0.25, 0.3) is 5.91 Å². The number of aromatic nitrogens is 2. The minimum Gasteiger partial charge on any atom is -0.341 e. The Morgan fingerprint density at radius 3 is 2.29 bits per heavy atom. The number of rotatable bonds is 4. The summed E-state index contributed by atoms with van der Waals surface area (Å²) in [4.78, 5) is 28.6. The molecule has 2 aliphatic rings. The van der Waals surface area contributed by atoms with Crippen LogP contribution in [0.25, 0.3) is 0 Å². The smallest absolute Gasteiger partial charge is 0.272 e. The Kier molecular flexibility index (Phi) is 6.17. The Morgan fingerprint density at radius 1 is 0.857 bits per heavy atom. The van der Waals surface area contributed by atoms with Crippen LogP contribution in [0.4, 0.5) is 5.95 Å². The molecule has 2 fully saturated rings. The first-order chi connectivity index (χ1) is 13.8. The summed E-state index contributed by atoms with van der Waals surface area (Å²) >= 11 is 0. The topological polar surface area (TPSA) is 52.6 Å². The van der Waals surface area contributed by atoms with Crippen molar-refractivity contribution in [3.8, 4) is 0 Å². The number of amides is 1. The third kappa shape index (κ3) is 4.68. The quantitative estimate of drug-likeness (QED) is 0.818. The summed E-state index contributed by atoms with van der Waals surface area (Å²) < 4.78 is 0. The van der Waals surface area contributed by atoms with E-state index in [1.165, 1.54) is 31.2 Å². The predicted octanol–water partition coefficient (Wildman–Crippen LogP) is 2.82. The Balaban J connectivity index is 1.35. The highest BCUT2D eigenvalue weighted by Gasteiger charge is 2.24. The second-order valence-corrected chi connectivity index (χ2v) is 7.70. The summed E-state index contributed by atoms with van der Waals surface area (Å²) in [6.45, 7) is 6.18. The average Bonchev–Trinajstić information content (AvgIpc) is 3.04. The molecule has 4 rings (SSSR count). The molecule has 3 heterocycles. The lowest BCUT2D eigenvalue weighted by Gasteiger charge is -2.34. The first kappa shape index (κ1) is 18.9. The molecule has 2 aromatic rings. The number of benzene rings is 1. The van der Waals surface area contributed by atoms with Crippen LogP contribution in [-0.4, -0.2) is 64.9 Å². The molecule has 1 aromatic heterocycles. The monoisotopic (exact) mass is 379 g/mol. The molecule has 2 saturated heterocycles. The Labute approximate surface area is 167 Å². The van der Waals surface area contributed by atoms with E-state index in [0.29, 0.717) is 11.6 Å². The van der Waals surface area contributed by atoms with E-state index in [2.05, 4.69) is 44.0 Å². The van der Waals surface area contributed by atoms with E-state index in [0.717, 1.165) is 45.8 Å². The molecule has 0 saturated carbocycles. The summed E-state index contributed by atoms with van der Waals surface area (Å²) in [5.41, 5.74) is 1.84. The van der Waals surface area contributed by atoms with E-state index in [9.17, 15) is 4.79 Å². The lowest BCUT2D eigenvalue weighted by atomic mass is 10.2. The molecule has 6 nitrogen and oxygen atoms in total. The Bertz CT molecular complexity index is 766. The first-order valence-corrected chi connectivity index (χ1v) is 10.4. The van der Waals surface area contributed by atoms with Crippen LogP contribution < -0.4 is 4.90 Å². The van der Waals surface area contributed by atoms with Crippen LogP contribution in [0, 0.1) is 0 Å². The van der Waals surface area contributed by atoms with Crippen LogP contribution in [0.1, 0.15) is 41.7 Å². The van der Waals surface area contributed by atoms with Crippen LogP contribution >= 0.6 is 0 Å². The van der Waals surface area contributed by atoms with Crippen molar-refractivity contribution >= 4 is 11.9 Å². The highest BCUT2D eigenvalue weighted by molar-refractivity contribution is 5.92. The summed E-state index contributed by atoms with van der Waals surface area (Å²) in [5.74, 6) is 0.730. The fraction of sp³-hybridized carbons (Fsp3) is 0.500. The van der Waals surface area contributed by atoms with Gasteiger partial charge in [0.05, 0.1) is 0 Å². The SMILES string of the molecule is O=C(c1ccnc(N2CCCCCC2)n1)N1CCN(Cc2ccccc2)CC1. The number of anilines is 1. The highest BCUT2D eigenvalue weighted by Crippen LogP contribution is 2.17. The van der Waals surface area contributed by atoms with E-state index in [-0.39, 0.29) is 5.91 Å². The molecule has 0 bridgehead atoms. The van der Waals surface area contributed by atoms with Crippen LogP contribution in [0.15, 0.2) is 42.6 Å². The number of hydrogen-bond acceptors (Lipinski definition) is 5. The van der Waals surface area contributed by atoms with E-state index < -0.39 is 0 Å². The molecule has 6 heteroatoms. The van der Waals surface area contributed by atoms with Gasteiger partial charge in [0.2, 0.25) is 5.95 Å². The second-order valence-electron chi connectivity index (χ2n) is 7.70. The van der Waals surface area contributed by atoms with Crippen molar-refractivity contribution in [1.29, 1.82) is 0 Å². The van der Waals surface area contributed by atoms with Crippen molar-refractivity contribution < 1.29 is 4.79 Å².